The average molecular weight is 340 g/mol. The van der Waals surface area contributed by atoms with Crippen LogP contribution in [0.25, 0.3) is 5.69 Å². The quantitative estimate of drug-likeness (QED) is 0.747. The first-order valence-corrected chi connectivity index (χ1v) is 7.76. The lowest BCUT2D eigenvalue weighted by atomic mass is 10.0. The molecule has 1 heterocycles. The van der Waals surface area contributed by atoms with E-state index in [4.69, 9.17) is 0 Å². The summed E-state index contributed by atoms with van der Waals surface area (Å²) in [6, 6.07) is 11.9. The van der Waals surface area contributed by atoms with Crippen LogP contribution in [0.5, 0.6) is 0 Å². The van der Waals surface area contributed by atoms with Crippen LogP contribution in [0, 0.1) is 5.82 Å². The lowest BCUT2D eigenvalue weighted by Crippen LogP contribution is -2.37. The van der Waals surface area contributed by atoms with Gasteiger partial charge >= 0.3 is 0 Å². The zero-order valence-corrected chi connectivity index (χ0v) is 13.5. The molecule has 2 unspecified atom stereocenters. The number of aliphatic hydroxyl groups excluding tert-OH is 1. The summed E-state index contributed by atoms with van der Waals surface area (Å²) in [4.78, 5) is 12.3. The van der Waals surface area contributed by atoms with Gasteiger partial charge in [-0.1, -0.05) is 17.3 Å². The number of hydrogen-bond acceptors (Lipinski definition) is 4. The predicted octanol–water partition coefficient (Wildman–Crippen LogP) is 2.26. The van der Waals surface area contributed by atoms with Gasteiger partial charge in [0.25, 0.3) is 5.91 Å². The molecule has 25 heavy (non-hydrogen) atoms. The lowest BCUT2D eigenvalue weighted by Gasteiger charge is -2.20. The molecular weight excluding hydrogens is 323 g/mol. The van der Waals surface area contributed by atoms with E-state index in [-0.39, 0.29) is 11.7 Å². The number of aliphatic hydroxyl groups is 1. The number of benzene rings is 2. The maximum absolute atomic E-state index is 13.0. The van der Waals surface area contributed by atoms with Crippen molar-refractivity contribution in [3.8, 4) is 5.69 Å². The number of amides is 1. The second-order valence-electron chi connectivity index (χ2n) is 5.65. The average Bonchev–Trinajstić information content (AvgIpc) is 3.16. The van der Waals surface area contributed by atoms with Crippen molar-refractivity contribution in [2.24, 2.45) is 0 Å². The Morgan fingerprint density at radius 1 is 1.16 bits per heavy atom. The molecule has 0 saturated carbocycles. The van der Waals surface area contributed by atoms with Gasteiger partial charge in [-0.2, -0.15) is 0 Å². The van der Waals surface area contributed by atoms with Gasteiger partial charge in [-0.15, -0.1) is 5.10 Å². The van der Waals surface area contributed by atoms with Gasteiger partial charge in [-0.3, -0.25) is 4.79 Å². The molecule has 0 bridgehead atoms. The summed E-state index contributed by atoms with van der Waals surface area (Å²) < 4.78 is 14.5. The molecule has 0 aliphatic heterocycles. The van der Waals surface area contributed by atoms with Crippen LogP contribution in [-0.4, -0.2) is 32.0 Å². The van der Waals surface area contributed by atoms with Crippen molar-refractivity contribution in [3.05, 3.63) is 77.9 Å². The van der Waals surface area contributed by atoms with Gasteiger partial charge in [0, 0.05) is 5.56 Å². The molecule has 0 spiro atoms. The van der Waals surface area contributed by atoms with Crippen LogP contribution in [0.4, 0.5) is 4.39 Å². The molecule has 3 aromatic rings. The van der Waals surface area contributed by atoms with Crippen LogP contribution >= 0.6 is 0 Å². The highest BCUT2D eigenvalue weighted by Gasteiger charge is 2.19. The third-order valence-electron chi connectivity index (χ3n) is 3.86. The van der Waals surface area contributed by atoms with Gasteiger partial charge in [0.05, 0.1) is 30.2 Å². The van der Waals surface area contributed by atoms with Gasteiger partial charge in [0.15, 0.2) is 0 Å². The van der Waals surface area contributed by atoms with Crippen molar-refractivity contribution in [2.45, 2.75) is 19.1 Å². The first-order chi connectivity index (χ1) is 12.0. The minimum atomic E-state index is -0.932. The molecule has 3 rings (SSSR count). The van der Waals surface area contributed by atoms with Gasteiger partial charge in [-0.25, -0.2) is 9.07 Å². The molecule has 0 radical (unpaired) electrons. The SMILES string of the molecule is CC(NC(=O)c1ccc(-n2ccnn2)cc1)C(O)c1ccc(F)cc1. The van der Waals surface area contributed by atoms with Crippen molar-refractivity contribution in [1.82, 2.24) is 20.3 Å². The van der Waals surface area contributed by atoms with E-state index in [1.807, 2.05) is 0 Å². The number of nitrogens with zero attached hydrogens (tertiary/aromatic N) is 3. The largest absolute Gasteiger partial charge is 0.386 e. The van der Waals surface area contributed by atoms with E-state index in [2.05, 4.69) is 15.6 Å². The summed E-state index contributed by atoms with van der Waals surface area (Å²) in [5.41, 5.74) is 1.78. The molecule has 0 fully saturated rings. The molecule has 1 amide bonds. The highest BCUT2D eigenvalue weighted by atomic mass is 19.1. The standard InChI is InChI=1S/C18H17FN4O2/c1-12(17(24)13-2-6-15(19)7-3-13)21-18(25)14-4-8-16(9-5-14)23-11-10-20-22-23/h2-12,17,24H,1H3,(H,21,25). The molecule has 0 saturated heterocycles. The van der Waals surface area contributed by atoms with E-state index in [9.17, 15) is 14.3 Å². The van der Waals surface area contributed by atoms with Crippen molar-refractivity contribution in [2.75, 3.05) is 0 Å². The van der Waals surface area contributed by atoms with Gasteiger partial charge in [0.2, 0.25) is 0 Å². The highest BCUT2D eigenvalue weighted by molar-refractivity contribution is 5.94. The van der Waals surface area contributed by atoms with Crippen molar-refractivity contribution in [1.29, 1.82) is 0 Å². The van der Waals surface area contributed by atoms with E-state index in [0.717, 1.165) is 5.69 Å². The molecule has 0 aliphatic rings. The van der Waals surface area contributed by atoms with Crippen LogP contribution in [-0.2, 0) is 0 Å². The Bertz CT molecular complexity index is 833. The Hall–Kier alpha value is -3.06. The number of rotatable bonds is 5. The van der Waals surface area contributed by atoms with E-state index in [0.29, 0.717) is 11.1 Å². The molecule has 0 aliphatic carbocycles. The van der Waals surface area contributed by atoms with E-state index >= 15 is 0 Å². The molecule has 6 nitrogen and oxygen atoms in total. The monoisotopic (exact) mass is 340 g/mol. The molecular formula is C18H17FN4O2. The predicted molar refractivity (Wildman–Crippen MR) is 89.6 cm³/mol. The number of hydrogen-bond donors (Lipinski definition) is 2. The number of halogens is 1. The molecule has 2 N–H and O–H groups in total. The third-order valence-corrected chi connectivity index (χ3v) is 3.86. The Labute approximate surface area is 143 Å². The van der Waals surface area contributed by atoms with Crippen LogP contribution in [0.2, 0.25) is 0 Å². The maximum Gasteiger partial charge on any atom is 0.251 e. The lowest BCUT2D eigenvalue weighted by molar-refractivity contribution is 0.0852. The fraction of sp³-hybridized carbons (Fsp3) is 0.167. The number of aromatic nitrogens is 3. The van der Waals surface area contributed by atoms with E-state index in [1.165, 1.54) is 24.3 Å². The number of nitrogens with one attached hydrogen (secondary N) is 1. The zero-order valence-electron chi connectivity index (χ0n) is 13.5. The zero-order chi connectivity index (χ0) is 17.8. The third kappa shape index (κ3) is 3.89. The molecule has 1 aromatic heterocycles. The van der Waals surface area contributed by atoms with Crippen LogP contribution in [0.3, 0.4) is 0 Å². The summed E-state index contributed by atoms with van der Waals surface area (Å²) in [6.07, 6.45) is 2.34. The Kier molecular flexibility index (Phi) is 4.85. The second kappa shape index (κ2) is 7.23. The summed E-state index contributed by atoms with van der Waals surface area (Å²) in [7, 11) is 0. The van der Waals surface area contributed by atoms with Crippen molar-refractivity contribution < 1.29 is 14.3 Å². The highest BCUT2D eigenvalue weighted by Crippen LogP contribution is 2.17. The summed E-state index contributed by atoms with van der Waals surface area (Å²) in [5.74, 6) is -0.682. The molecule has 2 aromatic carbocycles. The van der Waals surface area contributed by atoms with Gasteiger partial charge < -0.3 is 10.4 Å². The van der Waals surface area contributed by atoms with Crippen molar-refractivity contribution in [3.63, 3.8) is 0 Å². The minimum absolute atomic E-state index is 0.307. The molecule has 2 atom stereocenters. The van der Waals surface area contributed by atoms with Crippen LogP contribution in [0.15, 0.2) is 60.9 Å². The van der Waals surface area contributed by atoms with Gasteiger partial charge in [-0.05, 0) is 48.9 Å². The summed E-state index contributed by atoms with van der Waals surface area (Å²) in [6.45, 7) is 1.69. The summed E-state index contributed by atoms with van der Waals surface area (Å²) in [5, 5.41) is 20.6. The summed E-state index contributed by atoms with van der Waals surface area (Å²) >= 11 is 0. The maximum atomic E-state index is 13.0. The smallest absolute Gasteiger partial charge is 0.251 e. The minimum Gasteiger partial charge on any atom is -0.386 e. The van der Waals surface area contributed by atoms with Gasteiger partial charge in [0.1, 0.15) is 5.82 Å². The van der Waals surface area contributed by atoms with Crippen LogP contribution in [0.1, 0.15) is 28.9 Å². The Balaban J connectivity index is 1.65. The topological polar surface area (TPSA) is 80.0 Å². The van der Waals surface area contributed by atoms with Crippen molar-refractivity contribution >= 4 is 5.91 Å². The first-order valence-electron chi connectivity index (χ1n) is 7.76. The normalized spacial score (nSPS) is 13.2. The fourth-order valence-electron chi connectivity index (χ4n) is 2.43. The first kappa shape index (κ1) is 16.8. The van der Waals surface area contributed by atoms with Crippen LogP contribution < -0.4 is 5.32 Å². The Morgan fingerprint density at radius 3 is 2.44 bits per heavy atom. The fourth-order valence-corrected chi connectivity index (χ4v) is 2.43. The molecule has 7 heteroatoms. The number of carbonyl (C=O) groups excluding carboxylic acids is 1. The Morgan fingerprint density at radius 2 is 1.84 bits per heavy atom. The molecule has 128 valence electrons. The van der Waals surface area contributed by atoms with E-state index in [1.54, 1.807) is 48.3 Å². The number of carbonyl (C=O) groups is 1. The van der Waals surface area contributed by atoms with E-state index < -0.39 is 12.1 Å². The second-order valence-corrected chi connectivity index (χ2v) is 5.65.